The number of carbonyl (C=O) groups excluding carboxylic acids is 1. The SMILES string of the molecule is Cl.NC(CNC(=O)C1(c2ccc(OCc3ccccc3)cc2)CCOCC1)C1CC1. The van der Waals surface area contributed by atoms with Gasteiger partial charge in [-0.25, -0.2) is 0 Å². The van der Waals surface area contributed by atoms with Crippen molar-refractivity contribution in [2.24, 2.45) is 11.7 Å². The molecule has 1 heterocycles. The van der Waals surface area contributed by atoms with Gasteiger partial charge in [-0.05, 0) is 54.9 Å². The number of nitrogens with one attached hydrogen (secondary N) is 1. The van der Waals surface area contributed by atoms with Crippen molar-refractivity contribution in [3.63, 3.8) is 0 Å². The first-order chi connectivity index (χ1) is 14.2. The maximum atomic E-state index is 13.2. The van der Waals surface area contributed by atoms with Gasteiger partial charge in [0.2, 0.25) is 5.91 Å². The fraction of sp³-hybridized carbons (Fsp3) is 0.458. The zero-order valence-corrected chi connectivity index (χ0v) is 18.0. The van der Waals surface area contributed by atoms with Crippen molar-refractivity contribution in [2.45, 2.75) is 43.7 Å². The van der Waals surface area contributed by atoms with E-state index in [1.807, 2.05) is 54.6 Å². The molecule has 0 spiro atoms. The molecule has 30 heavy (non-hydrogen) atoms. The molecule has 0 bridgehead atoms. The molecule has 2 fully saturated rings. The number of amides is 1. The Labute approximate surface area is 184 Å². The Morgan fingerprint density at radius 1 is 1.10 bits per heavy atom. The molecule has 2 aromatic rings. The van der Waals surface area contributed by atoms with Crippen molar-refractivity contribution in [2.75, 3.05) is 19.8 Å². The number of halogens is 1. The maximum absolute atomic E-state index is 13.2. The second-order valence-corrected chi connectivity index (χ2v) is 8.20. The Morgan fingerprint density at radius 3 is 2.40 bits per heavy atom. The van der Waals surface area contributed by atoms with Crippen LogP contribution < -0.4 is 15.8 Å². The molecule has 5 nitrogen and oxygen atoms in total. The average Bonchev–Trinajstić information content (AvgIpc) is 3.63. The van der Waals surface area contributed by atoms with Crippen molar-refractivity contribution in [3.8, 4) is 5.75 Å². The van der Waals surface area contributed by atoms with Gasteiger partial charge >= 0.3 is 0 Å². The van der Waals surface area contributed by atoms with Crippen LogP contribution >= 0.6 is 12.4 Å². The summed E-state index contributed by atoms with van der Waals surface area (Å²) in [4.78, 5) is 13.2. The molecule has 1 amide bonds. The van der Waals surface area contributed by atoms with E-state index >= 15 is 0 Å². The van der Waals surface area contributed by atoms with Gasteiger partial charge in [0.1, 0.15) is 12.4 Å². The standard InChI is InChI=1S/C24H30N2O3.ClH/c25-22(19-6-7-19)16-26-23(27)24(12-14-28-15-13-24)20-8-10-21(11-9-20)29-17-18-4-2-1-3-5-18;/h1-5,8-11,19,22H,6-7,12-17,25H2,(H,26,27);1H. The summed E-state index contributed by atoms with van der Waals surface area (Å²) < 4.78 is 11.5. The lowest BCUT2D eigenvalue weighted by Crippen LogP contribution is -2.50. The molecule has 2 aliphatic rings. The van der Waals surface area contributed by atoms with Gasteiger partial charge < -0.3 is 20.5 Å². The Morgan fingerprint density at radius 2 is 1.77 bits per heavy atom. The van der Waals surface area contributed by atoms with E-state index in [0.29, 0.717) is 45.1 Å². The van der Waals surface area contributed by atoms with Crippen molar-refractivity contribution in [1.82, 2.24) is 5.32 Å². The van der Waals surface area contributed by atoms with E-state index in [1.54, 1.807) is 0 Å². The van der Waals surface area contributed by atoms with Gasteiger partial charge in [-0.1, -0.05) is 42.5 Å². The lowest BCUT2D eigenvalue weighted by atomic mass is 9.73. The highest BCUT2D eigenvalue weighted by molar-refractivity contribution is 5.88. The van der Waals surface area contributed by atoms with Crippen LogP contribution in [0.3, 0.4) is 0 Å². The topological polar surface area (TPSA) is 73.6 Å². The fourth-order valence-electron chi connectivity index (χ4n) is 4.05. The number of nitrogens with two attached hydrogens (primary N) is 1. The molecule has 1 unspecified atom stereocenters. The molecular formula is C24H31ClN2O3. The molecule has 1 saturated heterocycles. The van der Waals surface area contributed by atoms with E-state index in [0.717, 1.165) is 16.9 Å². The van der Waals surface area contributed by atoms with E-state index in [2.05, 4.69) is 5.32 Å². The summed E-state index contributed by atoms with van der Waals surface area (Å²) in [5.41, 5.74) is 7.78. The third-order valence-electron chi connectivity index (χ3n) is 6.16. The van der Waals surface area contributed by atoms with Crippen molar-refractivity contribution in [3.05, 3.63) is 65.7 Å². The minimum atomic E-state index is -0.556. The van der Waals surface area contributed by atoms with Crippen LogP contribution in [0, 0.1) is 5.92 Å². The van der Waals surface area contributed by atoms with Gasteiger partial charge in [-0.2, -0.15) is 0 Å². The molecule has 162 valence electrons. The summed E-state index contributed by atoms with van der Waals surface area (Å²) in [7, 11) is 0. The smallest absolute Gasteiger partial charge is 0.230 e. The van der Waals surface area contributed by atoms with Crippen molar-refractivity contribution >= 4 is 18.3 Å². The quantitative estimate of drug-likeness (QED) is 0.671. The summed E-state index contributed by atoms with van der Waals surface area (Å²) >= 11 is 0. The largest absolute Gasteiger partial charge is 0.489 e. The maximum Gasteiger partial charge on any atom is 0.230 e. The van der Waals surface area contributed by atoms with Crippen LogP contribution in [0.25, 0.3) is 0 Å². The number of ether oxygens (including phenoxy) is 2. The number of hydrogen-bond acceptors (Lipinski definition) is 4. The highest BCUT2D eigenvalue weighted by atomic mass is 35.5. The van der Waals surface area contributed by atoms with Crippen LogP contribution in [0.4, 0.5) is 0 Å². The molecule has 1 aliphatic carbocycles. The van der Waals surface area contributed by atoms with E-state index < -0.39 is 5.41 Å². The van der Waals surface area contributed by atoms with Gasteiger partial charge in [0.05, 0.1) is 5.41 Å². The van der Waals surface area contributed by atoms with Crippen LogP contribution in [0.5, 0.6) is 5.75 Å². The highest BCUT2D eigenvalue weighted by Gasteiger charge is 2.42. The molecule has 1 aliphatic heterocycles. The van der Waals surface area contributed by atoms with Gasteiger partial charge in [-0.3, -0.25) is 4.79 Å². The molecule has 3 N–H and O–H groups in total. The Hall–Kier alpha value is -2.08. The molecule has 1 saturated carbocycles. The molecule has 4 rings (SSSR count). The summed E-state index contributed by atoms with van der Waals surface area (Å²) in [6, 6.07) is 18.1. The first-order valence-electron chi connectivity index (χ1n) is 10.6. The lowest BCUT2D eigenvalue weighted by molar-refractivity contribution is -0.130. The predicted octanol–water partition coefficient (Wildman–Crippen LogP) is 3.59. The van der Waals surface area contributed by atoms with E-state index in [1.165, 1.54) is 12.8 Å². The number of rotatable bonds is 8. The molecule has 6 heteroatoms. The van der Waals surface area contributed by atoms with Crippen LogP contribution in [0.2, 0.25) is 0 Å². The van der Waals surface area contributed by atoms with E-state index in [9.17, 15) is 4.79 Å². The number of benzene rings is 2. The monoisotopic (exact) mass is 430 g/mol. The Bertz CT molecular complexity index is 803. The predicted molar refractivity (Wildman–Crippen MR) is 120 cm³/mol. The molecule has 2 aromatic carbocycles. The van der Waals surface area contributed by atoms with Crippen molar-refractivity contribution < 1.29 is 14.3 Å². The van der Waals surface area contributed by atoms with Crippen LogP contribution in [-0.2, 0) is 21.6 Å². The molecule has 0 radical (unpaired) electrons. The van der Waals surface area contributed by atoms with Gasteiger partial charge in [0.15, 0.2) is 0 Å². The van der Waals surface area contributed by atoms with E-state index in [-0.39, 0.29) is 24.4 Å². The normalized spacial score (nSPS) is 18.7. The molecular weight excluding hydrogens is 400 g/mol. The first kappa shape index (κ1) is 22.6. The third-order valence-corrected chi connectivity index (χ3v) is 6.16. The van der Waals surface area contributed by atoms with Gasteiger partial charge in [0.25, 0.3) is 0 Å². The summed E-state index contributed by atoms with van der Waals surface area (Å²) in [5.74, 6) is 1.44. The first-order valence-corrected chi connectivity index (χ1v) is 10.6. The highest BCUT2D eigenvalue weighted by Crippen LogP contribution is 2.36. The minimum Gasteiger partial charge on any atom is -0.489 e. The zero-order valence-electron chi connectivity index (χ0n) is 17.2. The van der Waals surface area contributed by atoms with Gasteiger partial charge in [0, 0.05) is 25.8 Å². The fourth-order valence-corrected chi connectivity index (χ4v) is 4.05. The number of carbonyl (C=O) groups is 1. The summed E-state index contributed by atoms with van der Waals surface area (Å²) in [5, 5.41) is 3.12. The van der Waals surface area contributed by atoms with Crippen LogP contribution in [0.15, 0.2) is 54.6 Å². The Kier molecular flexibility index (Phi) is 7.75. The summed E-state index contributed by atoms with van der Waals surface area (Å²) in [6.07, 6.45) is 3.73. The third kappa shape index (κ3) is 5.34. The summed E-state index contributed by atoms with van der Waals surface area (Å²) in [6.45, 7) is 2.26. The van der Waals surface area contributed by atoms with Crippen LogP contribution in [0.1, 0.15) is 36.8 Å². The van der Waals surface area contributed by atoms with Crippen LogP contribution in [-0.4, -0.2) is 31.7 Å². The molecule has 0 aromatic heterocycles. The second-order valence-electron chi connectivity index (χ2n) is 8.20. The lowest BCUT2D eigenvalue weighted by Gasteiger charge is -2.36. The average molecular weight is 431 g/mol. The molecule has 1 atom stereocenters. The number of hydrogen-bond donors (Lipinski definition) is 2. The van der Waals surface area contributed by atoms with Crippen molar-refractivity contribution in [1.29, 1.82) is 0 Å². The second kappa shape index (κ2) is 10.3. The minimum absolute atomic E-state index is 0. The zero-order chi connectivity index (χ0) is 20.1. The Balaban J connectivity index is 0.00000256. The van der Waals surface area contributed by atoms with E-state index in [4.69, 9.17) is 15.2 Å². The van der Waals surface area contributed by atoms with Gasteiger partial charge in [-0.15, -0.1) is 12.4 Å².